The SMILES string of the molecule is OCCOCCOCCOCCOCCOCCOC(F)(F)C(F)(F)C(F)(F)F. The number of rotatable bonds is 19. The first-order chi connectivity index (χ1) is 13.6. The van der Waals surface area contributed by atoms with Gasteiger partial charge in [-0.05, 0) is 0 Å². The molecule has 0 bridgehead atoms. The smallest absolute Gasteiger partial charge is 0.394 e. The zero-order valence-corrected chi connectivity index (χ0v) is 15.5. The van der Waals surface area contributed by atoms with Crippen molar-refractivity contribution in [3.63, 3.8) is 0 Å². The molecule has 0 aliphatic heterocycles. The second-order valence-electron chi connectivity index (χ2n) is 5.22. The number of alkyl halides is 7. The molecule has 0 saturated carbocycles. The van der Waals surface area contributed by atoms with Crippen molar-refractivity contribution in [3.05, 3.63) is 0 Å². The summed E-state index contributed by atoms with van der Waals surface area (Å²) in [4.78, 5) is 0. The number of ether oxygens (including phenoxy) is 6. The Morgan fingerprint density at radius 2 is 0.793 bits per heavy atom. The van der Waals surface area contributed by atoms with E-state index >= 15 is 0 Å². The lowest BCUT2D eigenvalue weighted by Gasteiger charge is -2.27. The fourth-order valence-electron chi connectivity index (χ4n) is 1.53. The Labute approximate surface area is 162 Å². The Balaban J connectivity index is 3.46. The molecule has 0 aromatic rings. The Kier molecular flexibility index (Phi) is 14.7. The van der Waals surface area contributed by atoms with E-state index in [0.29, 0.717) is 26.4 Å². The second-order valence-corrected chi connectivity index (χ2v) is 5.22. The van der Waals surface area contributed by atoms with Crippen LogP contribution in [0.25, 0.3) is 0 Å². The minimum Gasteiger partial charge on any atom is -0.394 e. The third-order valence-corrected chi connectivity index (χ3v) is 2.96. The van der Waals surface area contributed by atoms with Gasteiger partial charge in [0.1, 0.15) is 0 Å². The number of hydrogen-bond acceptors (Lipinski definition) is 7. The predicted octanol–water partition coefficient (Wildman–Crippen LogP) is 1.87. The number of hydrogen-bond donors (Lipinski definition) is 1. The lowest BCUT2D eigenvalue weighted by molar-refractivity contribution is -0.424. The van der Waals surface area contributed by atoms with Crippen LogP contribution < -0.4 is 0 Å². The maximum atomic E-state index is 12.8. The van der Waals surface area contributed by atoms with E-state index in [2.05, 4.69) is 4.74 Å². The van der Waals surface area contributed by atoms with Crippen molar-refractivity contribution < 1.29 is 64.3 Å². The van der Waals surface area contributed by atoms with Gasteiger partial charge in [0, 0.05) is 0 Å². The minimum absolute atomic E-state index is 0.0250. The number of halogens is 7. The maximum absolute atomic E-state index is 12.8. The highest BCUT2D eigenvalue weighted by molar-refractivity contribution is 4.84. The Hall–Kier alpha value is -0.770. The molecule has 0 fully saturated rings. The van der Waals surface area contributed by atoms with Gasteiger partial charge in [0.15, 0.2) is 0 Å². The summed E-state index contributed by atoms with van der Waals surface area (Å²) >= 11 is 0. The van der Waals surface area contributed by atoms with E-state index < -0.39 is 31.4 Å². The average molecular weight is 450 g/mol. The van der Waals surface area contributed by atoms with Gasteiger partial charge in [-0.2, -0.15) is 30.7 Å². The van der Waals surface area contributed by atoms with Crippen LogP contribution in [0.3, 0.4) is 0 Å². The highest BCUT2D eigenvalue weighted by atomic mass is 19.4. The Morgan fingerprint density at radius 3 is 1.10 bits per heavy atom. The second kappa shape index (κ2) is 15.1. The summed E-state index contributed by atoms with van der Waals surface area (Å²) in [5, 5.41) is 8.46. The van der Waals surface area contributed by atoms with Crippen molar-refractivity contribution >= 4 is 0 Å². The molecule has 0 rings (SSSR count). The van der Waals surface area contributed by atoms with Crippen molar-refractivity contribution in [2.45, 2.75) is 18.2 Å². The molecule has 0 aliphatic rings. The molecule has 0 spiro atoms. The summed E-state index contributed by atoms with van der Waals surface area (Å²) in [5.74, 6) is -6.30. The summed E-state index contributed by atoms with van der Waals surface area (Å²) in [6, 6.07) is 0. The van der Waals surface area contributed by atoms with Gasteiger partial charge < -0.3 is 33.5 Å². The largest absolute Gasteiger partial charge is 0.462 e. The normalized spacial score (nSPS) is 13.2. The van der Waals surface area contributed by atoms with Crippen molar-refractivity contribution in [2.75, 3.05) is 79.3 Å². The molecule has 0 aromatic heterocycles. The highest BCUT2D eigenvalue weighted by Gasteiger charge is 2.74. The average Bonchev–Trinajstić information content (AvgIpc) is 2.63. The first-order valence-electron chi connectivity index (χ1n) is 8.52. The van der Waals surface area contributed by atoms with Gasteiger partial charge in [0.2, 0.25) is 0 Å². The van der Waals surface area contributed by atoms with Gasteiger partial charge in [-0.3, -0.25) is 0 Å². The fourth-order valence-corrected chi connectivity index (χ4v) is 1.53. The predicted molar refractivity (Wildman–Crippen MR) is 83.1 cm³/mol. The lowest BCUT2D eigenvalue weighted by Crippen LogP contribution is -2.53. The van der Waals surface area contributed by atoms with Crippen LogP contribution in [-0.4, -0.2) is 103 Å². The third kappa shape index (κ3) is 12.5. The summed E-state index contributed by atoms with van der Waals surface area (Å²) in [5.41, 5.74) is 0. The molecule has 176 valence electrons. The van der Waals surface area contributed by atoms with Crippen LogP contribution in [0.4, 0.5) is 30.7 Å². The first kappa shape index (κ1) is 28.2. The number of aliphatic hydroxyl groups is 1. The monoisotopic (exact) mass is 450 g/mol. The van der Waals surface area contributed by atoms with E-state index in [1.54, 1.807) is 0 Å². The van der Waals surface area contributed by atoms with Gasteiger partial charge in [-0.15, -0.1) is 0 Å². The summed E-state index contributed by atoms with van der Waals surface area (Å²) in [6.07, 6.45) is -12.1. The van der Waals surface area contributed by atoms with Crippen LogP contribution in [0.2, 0.25) is 0 Å². The third-order valence-electron chi connectivity index (χ3n) is 2.96. The molecule has 14 heteroatoms. The van der Waals surface area contributed by atoms with E-state index in [9.17, 15) is 30.7 Å². The molecule has 0 aliphatic carbocycles. The molecule has 0 aromatic carbocycles. The van der Waals surface area contributed by atoms with E-state index in [4.69, 9.17) is 28.8 Å². The molecule has 0 saturated heterocycles. The van der Waals surface area contributed by atoms with Crippen LogP contribution >= 0.6 is 0 Å². The molecule has 7 nitrogen and oxygen atoms in total. The van der Waals surface area contributed by atoms with E-state index in [0.717, 1.165) is 0 Å². The highest BCUT2D eigenvalue weighted by Crippen LogP contribution is 2.46. The van der Waals surface area contributed by atoms with Crippen molar-refractivity contribution in [3.8, 4) is 0 Å². The summed E-state index contributed by atoms with van der Waals surface area (Å²) in [6.45, 7) is 0.123. The van der Waals surface area contributed by atoms with Gasteiger partial charge >= 0.3 is 18.2 Å². The van der Waals surface area contributed by atoms with Crippen molar-refractivity contribution in [1.82, 2.24) is 0 Å². The minimum atomic E-state index is -6.44. The van der Waals surface area contributed by atoms with Crippen LogP contribution in [-0.2, 0) is 28.4 Å². The van der Waals surface area contributed by atoms with Gasteiger partial charge in [-0.25, -0.2) is 0 Å². The van der Waals surface area contributed by atoms with Crippen LogP contribution in [0, 0.1) is 0 Å². The van der Waals surface area contributed by atoms with Crippen LogP contribution in [0.15, 0.2) is 0 Å². The van der Waals surface area contributed by atoms with E-state index in [1.165, 1.54) is 0 Å². The zero-order valence-electron chi connectivity index (χ0n) is 15.5. The molecule has 29 heavy (non-hydrogen) atoms. The van der Waals surface area contributed by atoms with Gasteiger partial charge in [0.05, 0.1) is 79.3 Å². The van der Waals surface area contributed by atoms with Gasteiger partial charge in [0.25, 0.3) is 0 Å². The fraction of sp³-hybridized carbons (Fsp3) is 1.00. The standard InChI is InChI=1S/C15H25F7O7/c16-13(17,14(18,19)20)15(21,22)29-12-11-28-10-9-27-8-7-26-6-5-25-4-3-24-2-1-23/h23H,1-12H2. The molecule has 0 amide bonds. The summed E-state index contributed by atoms with van der Waals surface area (Å²) in [7, 11) is 0. The van der Waals surface area contributed by atoms with Crippen molar-refractivity contribution in [2.24, 2.45) is 0 Å². The number of aliphatic hydroxyl groups excluding tert-OH is 1. The lowest BCUT2D eigenvalue weighted by atomic mass is 10.3. The molecular weight excluding hydrogens is 425 g/mol. The Morgan fingerprint density at radius 1 is 0.483 bits per heavy atom. The van der Waals surface area contributed by atoms with E-state index in [-0.39, 0.29) is 39.6 Å². The maximum Gasteiger partial charge on any atom is 0.462 e. The van der Waals surface area contributed by atoms with Crippen molar-refractivity contribution in [1.29, 1.82) is 0 Å². The molecular formula is C15H25F7O7. The van der Waals surface area contributed by atoms with Gasteiger partial charge in [-0.1, -0.05) is 0 Å². The molecule has 1 N–H and O–H groups in total. The van der Waals surface area contributed by atoms with Crippen LogP contribution in [0.5, 0.6) is 0 Å². The molecule has 0 heterocycles. The Bertz CT molecular complexity index is 398. The molecule has 0 radical (unpaired) electrons. The topological polar surface area (TPSA) is 75.6 Å². The van der Waals surface area contributed by atoms with E-state index in [1.807, 2.05) is 0 Å². The summed E-state index contributed by atoms with van der Waals surface area (Å²) < 4.78 is 115. The zero-order chi connectivity index (χ0) is 22.2. The molecule has 0 atom stereocenters. The molecule has 0 unspecified atom stereocenters. The van der Waals surface area contributed by atoms with Crippen LogP contribution in [0.1, 0.15) is 0 Å². The quantitative estimate of drug-likeness (QED) is 0.238. The first-order valence-corrected chi connectivity index (χ1v) is 8.52.